The minimum atomic E-state index is -0.148. The Morgan fingerprint density at radius 1 is 0.958 bits per heavy atom. The molecule has 0 atom stereocenters. The van der Waals surface area contributed by atoms with Crippen molar-refractivity contribution in [2.24, 2.45) is 0 Å². The Morgan fingerprint density at radius 2 is 1.67 bits per heavy atom. The Hall–Kier alpha value is -2.08. The Bertz CT molecular complexity index is 608. The number of amides is 1. The second kappa shape index (κ2) is 11.5. The highest BCUT2D eigenvalue weighted by molar-refractivity contribution is 5.97. The quantitative estimate of drug-likeness (QED) is 0.683. The van der Waals surface area contributed by atoms with Crippen LogP contribution in [0.15, 0.2) is 54.6 Å². The molecule has 0 aliphatic rings. The van der Waals surface area contributed by atoms with Crippen molar-refractivity contribution in [1.29, 1.82) is 0 Å². The monoisotopic (exact) mass is 350 g/mol. The number of hydrogen-bond acceptors (Lipinski definition) is 4. The summed E-state index contributed by atoms with van der Waals surface area (Å²) in [6.45, 7) is 2.65. The SMILES string of the molecule is COCCNCCNC(=O)c1ccccc1Oc1ccccc1.Cl. The third-order valence-electron chi connectivity index (χ3n) is 3.17. The molecule has 2 aromatic rings. The number of para-hydroxylation sites is 2. The number of hydrogen-bond donors (Lipinski definition) is 2. The van der Waals surface area contributed by atoms with Crippen LogP contribution >= 0.6 is 12.4 Å². The summed E-state index contributed by atoms with van der Waals surface area (Å²) in [5, 5.41) is 6.06. The number of methoxy groups -OCH3 is 1. The first-order valence-electron chi connectivity index (χ1n) is 7.61. The topological polar surface area (TPSA) is 59.6 Å². The second-order valence-electron chi connectivity index (χ2n) is 4.91. The molecule has 0 radical (unpaired) electrons. The van der Waals surface area contributed by atoms with Crippen LogP contribution in [0.5, 0.6) is 11.5 Å². The molecule has 130 valence electrons. The van der Waals surface area contributed by atoms with Crippen LogP contribution in [-0.2, 0) is 4.74 Å². The Kier molecular flexibility index (Phi) is 9.53. The molecule has 0 bridgehead atoms. The van der Waals surface area contributed by atoms with Gasteiger partial charge in [-0.3, -0.25) is 4.79 Å². The molecule has 24 heavy (non-hydrogen) atoms. The molecule has 6 heteroatoms. The molecule has 0 heterocycles. The third-order valence-corrected chi connectivity index (χ3v) is 3.17. The van der Waals surface area contributed by atoms with Gasteiger partial charge in [0.05, 0.1) is 12.2 Å². The summed E-state index contributed by atoms with van der Waals surface area (Å²) in [7, 11) is 1.66. The predicted octanol–water partition coefficient (Wildman–Crippen LogP) is 2.87. The van der Waals surface area contributed by atoms with Gasteiger partial charge in [0.25, 0.3) is 5.91 Å². The fourth-order valence-corrected chi connectivity index (χ4v) is 2.02. The summed E-state index contributed by atoms with van der Waals surface area (Å²) in [5.41, 5.74) is 0.522. The summed E-state index contributed by atoms with van der Waals surface area (Å²) in [4.78, 5) is 12.3. The predicted molar refractivity (Wildman–Crippen MR) is 97.3 cm³/mol. The molecule has 0 aliphatic carbocycles. The number of nitrogens with one attached hydrogen (secondary N) is 2. The van der Waals surface area contributed by atoms with Gasteiger partial charge in [-0.1, -0.05) is 30.3 Å². The maximum Gasteiger partial charge on any atom is 0.255 e. The van der Waals surface area contributed by atoms with Crippen LogP contribution < -0.4 is 15.4 Å². The van der Waals surface area contributed by atoms with E-state index >= 15 is 0 Å². The van der Waals surface area contributed by atoms with Crippen LogP contribution in [0.25, 0.3) is 0 Å². The van der Waals surface area contributed by atoms with Gasteiger partial charge >= 0.3 is 0 Å². The van der Waals surface area contributed by atoms with Gasteiger partial charge in [0.2, 0.25) is 0 Å². The Morgan fingerprint density at radius 3 is 2.42 bits per heavy atom. The second-order valence-corrected chi connectivity index (χ2v) is 4.91. The van der Waals surface area contributed by atoms with E-state index in [0.29, 0.717) is 36.8 Å². The van der Waals surface area contributed by atoms with Crippen molar-refractivity contribution in [2.45, 2.75) is 0 Å². The standard InChI is InChI=1S/C18H22N2O3.ClH/c1-22-14-13-19-11-12-20-18(21)16-9-5-6-10-17(16)23-15-7-3-2-4-8-15;/h2-10,19H,11-14H2,1H3,(H,20,21);1H. The van der Waals surface area contributed by atoms with E-state index in [2.05, 4.69) is 10.6 Å². The molecule has 2 aromatic carbocycles. The van der Waals surface area contributed by atoms with E-state index < -0.39 is 0 Å². The molecule has 0 aliphatic heterocycles. The molecular weight excluding hydrogens is 328 g/mol. The van der Waals surface area contributed by atoms with Gasteiger partial charge in [-0.2, -0.15) is 0 Å². The number of carbonyl (C=O) groups is 1. The van der Waals surface area contributed by atoms with Crippen molar-refractivity contribution in [3.63, 3.8) is 0 Å². The highest BCUT2D eigenvalue weighted by Crippen LogP contribution is 2.24. The van der Waals surface area contributed by atoms with Crippen LogP contribution in [0.3, 0.4) is 0 Å². The van der Waals surface area contributed by atoms with E-state index in [1.54, 1.807) is 19.2 Å². The van der Waals surface area contributed by atoms with Crippen molar-refractivity contribution < 1.29 is 14.3 Å². The van der Waals surface area contributed by atoms with Gasteiger partial charge < -0.3 is 20.1 Å². The van der Waals surface area contributed by atoms with Crippen LogP contribution in [0.2, 0.25) is 0 Å². The number of benzene rings is 2. The first kappa shape index (κ1) is 20.0. The summed E-state index contributed by atoms with van der Waals surface area (Å²) in [5.74, 6) is 1.10. The van der Waals surface area contributed by atoms with Crippen molar-refractivity contribution in [3.05, 3.63) is 60.2 Å². The Balaban J connectivity index is 0.00000288. The first-order valence-corrected chi connectivity index (χ1v) is 7.61. The molecule has 1 amide bonds. The van der Waals surface area contributed by atoms with Gasteiger partial charge in [0, 0.05) is 26.7 Å². The molecule has 0 fully saturated rings. The van der Waals surface area contributed by atoms with Crippen molar-refractivity contribution in [1.82, 2.24) is 10.6 Å². The molecule has 0 aromatic heterocycles. The van der Waals surface area contributed by atoms with E-state index in [4.69, 9.17) is 9.47 Å². The van der Waals surface area contributed by atoms with Crippen LogP contribution in [0.1, 0.15) is 10.4 Å². The largest absolute Gasteiger partial charge is 0.457 e. The highest BCUT2D eigenvalue weighted by Gasteiger charge is 2.12. The van der Waals surface area contributed by atoms with E-state index in [1.165, 1.54) is 0 Å². The maximum absolute atomic E-state index is 12.3. The van der Waals surface area contributed by atoms with Gasteiger partial charge in [0.15, 0.2) is 0 Å². The minimum absolute atomic E-state index is 0. The van der Waals surface area contributed by atoms with Gasteiger partial charge in [-0.25, -0.2) is 0 Å². The fourth-order valence-electron chi connectivity index (χ4n) is 2.02. The number of halogens is 1. The smallest absolute Gasteiger partial charge is 0.255 e. The van der Waals surface area contributed by atoms with E-state index in [-0.39, 0.29) is 18.3 Å². The normalized spacial score (nSPS) is 9.88. The molecule has 0 spiro atoms. The summed E-state index contributed by atoms with van der Waals surface area (Å²) >= 11 is 0. The minimum Gasteiger partial charge on any atom is -0.457 e. The lowest BCUT2D eigenvalue weighted by Crippen LogP contribution is -2.33. The molecule has 5 nitrogen and oxygen atoms in total. The van der Waals surface area contributed by atoms with Crippen LogP contribution in [-0.4, -0.2) is 39.3 Å². The summed E-state index contributed by atoms with van der Waals surface area (Å²) in [6, 6.07) is 16.6. The van der Waals surface area contributed by atoms with Gasteiger partial charge in [0.1, 0.15) is 11.5 Å². The zero-order chi connectivity index (χ0) is 16.3. The van der Waals surface area contributed by atoms with Crippen molar-refractivity contribution in [3.8, 4) is 11.5 Å². The summed E-state index contributed by atoms with van der Waals surface area (Å²) < 4.78 is 10.7. The molecule has 0 saturated carbocycles. The van der Waals surface area contributed by atoms with Gasteiger partial charge in [-0.05, 0) is 24.3 Å². The average Bonchev–Trinajstić information content (AvgIpc) is 2.59. The fraction of sp³-hybridized carbons (Fsp3) is 0.278. The number of carbonyl (C=O) groups excluding carboxylic acids is 1. The van der Waals surface area contributed by atoms with Crippen molar-refractivity contribution in [2.75, 3.05) is 33.4 Å². The number of ether oxygens (including phenoxy) is 2. The lowest BCUT2D eigenvalue weighted by molar-refractivity contribution is 0.0951. The van der Waals surface area contributed by atoms with E-state index in [1.807, 2.05) is 42.5 Å². The van der Waals surface area contributed by atoms with Crippen molar-refractivity contribution >= 4 is 18.3 Å². The molecule has 0 unspecified atom stereocenters. The van der Waals surface area contributed by atoms with Crippen LogP contribution in [0.4, 0.5) is 0 Å². The molecule has 2 rings (SSSR count). The zero-order valence-electron chi connectivity index (χ0n) is 13.7. The lowest BCUT2D eigenvalue weighted by Gasteiger charge is -2.11. The molecule has 2 N–H and O–H groups in total. The zero-order valence-corrected chi connectivity index (χ0v) is 14.5. The van der Waals surface area contributed by atoms with Crippen LogP contribution in [0, 0.1) is 0 Å². The Labute approximate surface area is 148 Å². The first-order chi connectivity index (χ1) is 11.3. The van der Waals surface area contributed by atoms with Gasteiger partial charge in [-0.15, -0.1) is 12.4 Å². The highest BCUT2D eigenvalue weighted by atomic mass is 35.5. The third kappa shape index (κ3) is 6.58. The molecular formula is C18H23ClN2O3. The van der Waals surface area contributed by atoms with E-state index in [0.717, 1.165) is 6.54 Å². The molecule has 0 saturated heterocycles. The lowest BCUT2D eigenvalue weighted by atomic mass is 10.2. The maximum atomic E-state index is 12.3. The summed E-state index contributed by atoms with van der Waals surface area (Å²) in [6.07, 6.45) is 0. The van der Waals surface area contributed by atoms with E-state index in [9.17, 15) is 4.79 Å². The average molecular weight is 351 g/mol. The number of rotatable bonds is 9.